The predicted molar refractivity (Wildman–Crippen MR) is 144 cm³/mol. The van der Waals surface area contributed by atoms with Crippen molar-refractivity contribution in [3.8, 4) is 17.0 Å². The van der Waals surface area contributed by atoms with Crippen LogP contribution in [0.5, 0.6) is 5.75 Å². The summed E-state index contributed by atoms with van der Waals surface area (Å²) in [7, 11) is 1.70. The number of methoxy groups -OCH3 is 1. The number of halogens is 1. The molecule has 4 aromatic rings. The number of rotatable bonds is 6. The van der Waals surface area contributed by atoms with Gasteiger partial charge in [0, 0.05) is 54.2 Å². The molecule has 1 fully saturated rings. The van der Waals surface area contributed by atoms with Crippen LogP contribution in [-0.2, 0) is 11.2 Å². The number of hydrogen-bond donors (Lipinski definition) is 1. The summed E-state index contributed by atoms with van der Waals surface area (Å²) in [6.45, 7) is 5.13. The maximum absolute atomic E-state index is 13.2. The Morgan fingerprint density at radius 3 is 2.49 bits per heavy atom. The van der Waals surface area contributed by atoms with Gasteiger partial charge in [0.2, 0.25) is 5.91 Å². The summed E-state index contributed by atoms with van der Waals surface area (Å²) in [5, 5.41) is 1.90. The third-order valence-electron chi connectivity index (χ3n) is 6.84. The lowest BCUT2D eigenvalue weighted by Crippen LogP contribution is -2.48. The van der Waals surface area contributed by atoms with Crippen LogP contribution in [0.3, 0.4) is 0 Å². The molecular formula is C29H30ClN3O2. The van der Waals surface area contributed by atoms with E-state index in [9.17, 15) is 4.79 Å². The number of aromatic amines is 1. The van der Waals surface area contributed by atoms with Gasteiger partial charge >= 0.3 is 0 Å². The Bertz CT molecular complexity index is 1340. The van der Waals surface area contributed by atoms with Gasteiger partial charge in [-0.05, 0) is 60.9 Å². The van der Waals surface area contributed by atoms with E-state index < -0.39 is 0 Å². The van der Waals surface area contributed by atoms with Crippen molar-refractivity contribution in [1.29, 1.82) is 0 Å². The van der Waals surface area contributed by atoms with Crippen LogP contribution in [0, 0.1) is 6.92 Å². The normalized spacial score (nSPS) is 13.9. The molecule has 5 nitrogen and oxygen atoms in total. The minimum atomic E-state index is 0.203. The van der Waals surface area contributed by atoms with E-state index in [1.54, 1.807) is 7.11 Å². The first-order valence-electron chi connectivity index (χ1n) is 12.1. The number of hydrogen-bond acceptors (Lipinski definition) is 3. The monoisotopic (exact) mass is 487 g/mol. The summed E-state index contributed by atoms with van der Waals surface area (Å²) in [5.41, 5.74) is 6.72. The molecule has 5 rings (SSSR count). The molecule has 180 valence electrons. The van der Waals surface area contributed by atoms with E-state index in [-0.39, 0.29) is 5.91 Å². The van der Waals surface area contributed by atoms with Crippen molar-refractivity contribution in [1.82, 2.24) is 9.88 Å². The summed E-state index contributed by atoms with van der Waals surface area (Å²) < 4.78 is 5.52. The van der Waals surface area contributed by atoms with Crippen LogP contribution < -0.4 is 9.64 Å². The molecule has 0 aliphatic carbocycles. The summed E-state index contributed by atoms with van der Waals surface area (Å²) in [6.07, 6.45) is 1.17. The van der Waals surface area contributed by atoms with E-state index in [1.165, 1.54) is 16.5 Å². The van der Waals surface area contributed by atoms with E-state index in [2.05, 4.69) is 41.1 Å². The molecule has 6 heteroatoms. The van der Waals surface area contributed by atoms with Crippen molar-refractivity contribution < 1.29 is 9.53 Å². The molecule has 1 aliphatic rings. The number of benzene rings is 3. The number of H-pyrrole nitrogens is 1. The van der Waals surface area contributed by atoms with Crippen LogP contribution in [0.2, 0.25) is 5.02 Å². The van der Waals surface area contributed by atoms with Crippen molar-refractivity contribution in [2.75, 3.05) is 38.2 Å². The molecule has 0 bridgehead atoms. The highest BCUT2D eigenvalue weighted by molar-refractivity contribution is 6.30. The molecular weight excluding hydrogens is 458 g/mol. The quantitative estimate of drug-likeness (QED) is 0.358. The highest BCUT2D eigenvalue weighted by Crippen LogP contribution is 2.33. The van der Waals surface area contributed by atoms with Gasteiger partial charge < -0.3 is 19.5 Å². The summed E-state index contributed by atoms with van der Waals surface area (Å²) >= 11 is 6.12. The third-order valence-corrected chi connectivity index (χ3v) is 7.09. The van der Waals surface area contributed by atoms with Gasteiger partial charge in [0.25, 0.3) is 0 Å². The molecule has 1 aliphatic heterocycles. The van der Waals surface area contributed by atoms with Crippen molar-refractivity contribution in [2.24, 2.45) is 0 Å². The lowest BCUT2D eigenvalue weighted by atomic mass is 10.00. The van der Waals surface area contributed by atoms with Gasteiger partial charge in [-0.2, -0.15) is 0 Å². The third kappa shape index (κ3) is 4.87. The Morgan fingerprint density at radius 2 is 1.74 bits per heavy atom. The topological polar surface area (TPSA) is 48.6 Å². The first kappa shape index (κ1) is 23.3. The lowest BCUT2D eigenvalue weighted by molar-refractivity contribution is -0.131. The van der Waals surface area contributed by atoms with Gasteiger partial charge in [-0.1, -0.05) is 47.5 Å². The minimum absolute atomic E-state index is 0.203. The highest BCUT2D eigenvalue weighted by Gasteiger charge is 2.23. The molecule has 2 heterocycles. The zero-order valence-corrected chi connectivity index (χ0v) is 20.9. The maximum atomic E-state index is 13.2. The fourth-order valence-corrected chi connectivity index (χ4v) is 5.09. The van der Waals surface area contributed by atoms with Gasteiger partial charge in [-0.25, -0.2) is 0 Å². The second-order valence-electron chi connectivity index (χ2n) is 9.07. The van der Waals surface area contributed by atoms with Gasteiger partial charge in [-0.3, -0.25) is 4.79 Å². The maximum Gasteiger partial charge on any atom is 0.223 e. The van der Waals surface area contributed by atoms with Gasteiger partial charge in [0.05, 0.1) is 12.8 Å². The molecule has 1 amide bonds. The van der Waals surface area contributed by atoms with Gasteiger partial charge in [0.15, 0.2) is 0 Å². The molecule has 1 aromatic heterocycles. The number of piperazine rings is 1. The zero-order chi connectivity index (χ0) is 24.4. The number of amides is 1. The van der Waals surface area contributed by atoms with Crippen LogP contribution >= 0.6 is 11.6 Å². The van der Waals surface area contributed by atoms with Crippen molar-refractivity contribution in [3.05, 3.63) is 82.9 Å². The summed E-state index contributed by atoms with van der Waals surface area (Å²) in [5.74, 6) is 1.07. The Hall–Kier alpha value is -3.44. The summed E-state index contributed by atoms with van der Waals surface area (Å²) in [4.78, 5) is 21.1. The second kappa shape index (κ2) is 10.0. The minimum Gasteiger partial charge on any atom is -0.495 e. The van der Waals surface area contributed by atoms with Crippen LogP contribution in [-0.4, -0.2) is 49.1 Å². The first-order chi connectivity index (χ1) is 17.0. The smallest absolute Gasteiger partial charge is 0.223 e. The molecule has 0 unspecified atom stereocenters. The Morgan fingerprint density at radius 1 is 1.00 bits per heavy atom. The summed E-state index contributed by atoms with van der Waals surface area (Å²) in [6, 6.07) is 22.4. The number of carbonyl (C=O) groups excluding carboxylic acids is 1. The van der Waals surface area contributed by atoms with Crippen LogP contribution in [0.15, 0.2) is 66.7 Å². The van der Waals surface area contributed by atoms with Gasteiger partial charge in [0.1, 0.15) is 5.75 Å². The largest absolute Gasteiger partial charge is 0.495 e. The van der Waals surface area contributed by atoms with Crippen LogP contribution in [0.1, 0.15) is 17.5 Å². The Balaban J connectivity index is 1.30. The zero-order valence-electron chi connectivity index (χ0n) is 20.2. The van der Waals surface area contributed by atoms with E-state index in [4.69, 9.17) is 16.3 Å². The number of nitrogens with zero attached hydrogens (tertiary/aromatic N) is 2. The standard InChI is InChI=1S/C29H30ClN3O2/c1-20-7-13-25-24(19-20)23(29(31-25)21-8-10-22(30)11-9-21)12-14-28(34)33-17-15-32(16-18-33)26-5-3-4-6-27(26)35-2/h3-11,13,19,31H,12,14-18H2,1-2H3. The Kier molecular flexibility index (Phi) is 6.69. The van der Waals surface area contributed by atoms with Crippen molar-refractivity contribution in [2.45, 2.75) is 19.8 Å². The van der Waals surface area contributed by atoms with Crippen LogP contribution in [0.25, 0.3) is 22.2 Å². The van der Waals surface area contributed by atoms with Crippen molar-refractivity contribution in [3.63, 3.8) is 0 Å². The number of para-hydroxylation sites is 2. The number of fused-ring (bicyclic) bond motifs is 1. The average molecular weight is 488 g/mol. The molecule has 3 aromatic carbocycles. The van der Waals surface area contributed by atoms with Crippen molar-refractivity contribution >= 4 is 34.1 Å². The van der Waals surface area contributed by atoms with E-state index in [0.29, 0.717) is 31.0 Å². The number of aryl methyl sites for hydroxylation is 2. The fraction of sp³-hybridized carbons (Fsp3) is 0.276. The molecule has 0 atom stereocenters. The first-order valence-corrected chi connectivity index (χ1v) is 12.4. The van der Waals surface area contributed by atoms with Gasteiger partial charge in [-0.15, -0.1) is 0 Å². The molecule has 1 saturated heterocycles. The number of aromatic nitrogens is 1. The number of carbonyl (C=O) groups is 1. The number of ether oxygens (including phenoxy) is 1. The lowest BCUT2D eigenvalue weighted by Gasteiger charge is -2.36. The fourth-order valence-electron chi connectivity index (χ4n) is 4.96. The Labute approximate surface area is 211 Å². The van der Waals surface area contributed by atoms with E-state index in [0.717, 1.165) is 41.3 Å². The van der Waals surface area contributed by atoms with E-state index in [1.807, 2.05) is 47.4 Å². The highest BCUT2D eigenvalue weighted by atomic mass is 35.5. The molecule has 0 saturated carbocycles. The molecule has 35 heavy (non-hydrogen) atoms. The molecule has 0 radical (unpaired) electrons. The number of anilines is 1. The van der Waals surface area contributed by atoms with E-state index >= 15 is 0 Å². The van der Waals surface area contributed by atoms with Crippen LogP contribution in [0.4, 0.5) is 5.69 Å². The molecule has 1 N–H and O–H groups in total. The number of nitrogens with one attached hydrogen (secondary N) is 1. The average Bonchev–Trinajstić information content (AvgIpc) is 3.25. The second-order valence-corrected chi connectivity index (χ2v) is 9.51. The SMILES string of the molecule is COc1ccccc1N1CCN(C(=O)CCc2c(-c3ccc(Cl)cc3)[nH]c3ccc(C)cc23)CC1. The molecule has 0 spiro atoms. The predicted octanol–water partition coefficient (Wildman–Crippen LogP) is 6.09.